The highest BCUT2D eigenvalue weighted by atomic mass is 127. The molecule has 0 saturated carbocycles. The van der Waals surface area contributed by atoms with Crippen LogP contribution in [-0.2, 0) is 9.92 Å². The van der Waals surface area contributed by atoms with Crippen LogP contribution in [0.4, 0.5) is 10.1 Å². The number of benzene rings is 1. The molecule has 1 atom stereocenters. The van der Waals surface area contributed by atoms with E-state index in [1.807, 2.05) is 22.6 Å². The Balaban J connectivity index is 3.04. The van der Waals surface area contributed by atoms with Crippen LogP contribution < -0.4 is 4.72 Å². The van der Waals surface area contributed by atoms with Gasteiger partial charge in [-0.15, -0.1) is 0 Å². The van der Waals surface area contributed by atoms with Crippen LogP contribution in [0.15, 0.2) is 18.2 Å². The second-order valence-electron chi connectivity index (χ2n) is 2.57. The third-order valence-electron chi connectivity index (χ3n) is 1.24. The quantitative estimate of drug-likeness (QED) is 0.810. The van der Waals surface area contributed by atoms with Gasteiger partial charge in [0.1, 0.15) is 15.7 Å². The predicted octanol–water partition coefficient (Wildman–Crippen LogP) is 2.43. The third-order valence-corrected chi connectivity index (χ3v) is 2.74. The summed E-state index contributed by atoms with van der Waals surface area (Å²) in [7, 11) is -2.79. The van der Waals surface area contributed by atoms with Crippen molar-refractivity contribution >= 4 is 38.2 Å². The highest BCUT2D eigenvalue weighted by molar-refractivity contribution is 14.1. The van der Waals surface area contributed by atoms with Gasteiger partial charge >= 0.3 is 0 Å². The molecule has 6 heteroatoms. The van der Waals surface area contributed by atoms with Crippen LogP contribution in [0.25, 0.3) is 0 Å². The fourth-order valence-corrected chi connectivity index (χ4v) is 2.17. The van der Waals surface area contributed by atoms with Crippen molar-refractivity contribution in [1.82, 2.24) is 0 Å². The van der Waals surface area contributed by atoms with E-state index in [-0.39, 0.29) is 5.82 Å². The second-order valence-corrected chi connectivity index (χ2v) is 5.62. The Hall–Kier alpha value is -0.370. The maximum atomic E-state index is 12.6. The van der Waals surface area contributed by atoms with Gasteiger partial charge in [0.2, 0.25) is 0 Å². The van der Waals surface area contributed by atoms with Gasteiger partial charge in [-0.3, -0.25) is 4.72 Å². The van der Waals surface area contributed by atoms with Crippen molar-refractivity contribution in [2.45, 2.75) is 0 Å². The van der Waals surface area contributed by atoms with Crippen molar-refractivity contribution in [2.75, 3.05) is 11.0 Å². The summed E-state index contributed by atoms with van der Waals surface area (Å²) in [6.07, 6.45) is 1.27. The van der Waals surface area contributed by atoms with Crippen molar-refractivity contribution in [3.8, 4) is 0 Å². The molecule has 1 aromatic carbocycles. The van der Waals surface area contributed by atoms with E-state index in [4.69, 9.17) is 4.78 Å². The molecule has 0 aliphatic heterocycles. The van der Waals surface area contributed by atoms with Gasteiger partial charge in [-0.25, -0.2) is 13.4 Å². The third kappa shape index (κ3) is 3.47. The molecule has 0 fully saturated rings. The molecule has 0 bridgehead atoms. The summed E-state index contributed by atoms with van der Waals surface area (Å²) >= 11 is 1.91. The molecule has 0 radical (unpaired) electrons. The Bertz CT molecular complexity index is 419. The van der Waals surface area contributed by atoms with Crippen molar-refractivity contribution in [3.05, 3.63) is 27.6 Å². The van der Waals surface area contributed by atoms with Gasteiger partial charge in [-0.05, 0) is 40.8 Å². The zero-order valence-electron chi connectivity index (χ0n) is 6.80. The molecule has 0 aromatic heterocycles. The van der Waals surface area contributed by atoms with Crippen LogP contribution in [0.1, 0.15) is 0 Å². The minimum absolute atomic E-state index is 0.345. The molecular formula is C7H8FIN2OS. The average molecular weight is 314 g/mol. The lowest BCUT2D eigenvalue weighted by molar-refractivity contribution is 0.627. The molecular weight excluding hydrogens is 306 g/mol. The maximum Gasteiger partial charge on any atom is 0.124 e. The van der Waals surface area contributed by atoms with Crippen molar-refractivity contribution in [1.29, 1.82) is 4.78 Å². The molecule has 1 rings (SSSR count). The van der Waals surface area contributed by atoms with E-state index in [0.29, 0.717) is 9.26 Å². The van der Waals surface area contributed by atoms with Gasteiger partial charge in [0.05, 0.1) is 5.69 Å². The Morgan fingerprint density at radius 1 is 1.62 bits per heavy atom. The maximum absolute atomic E-state index is 12.6. The van der Waals surface area contributed by atoms with Crippen LogP contribution >= 0.6 is 22.6 Å². The summed E-state index contributed by atoms with van der Waals surface area (Å²) in [5.74, 6) is -0.345. The van der Waals surface area contributed by atoms with Crippen molar-refractivity contribution < 1.29 is 8.60 Å². The van der Waals surface area contributed by atoms with Crippen molar-refractivity contribution in [3.63, 3.8) is 0 Å². The normalized spacial score (nSPS) is 15.0. The van der Waals surface area contributed by atoms with Gasteiger partial charge < -0.3 is 0 Å². The molecule has 0 heterocycles. The number of anilines is 1. The number of hydrogen-bond donors (Lipinski definition) is 2. The monoisotopic (exact) mass is 314 g/mol. The highest BCUT2D eigenvalue weighted by Crippen LogP contribution is 2.19. The zero-order valence-corrected chi connectivity index (χ0v) is 9.78. The van der Waals surface area contributed by atoms with Gasteiger partial charge in [-0.2, -0.15) is 0 Å². The lowest BCUT2D eigenvalue weighted by atomic mass is 10.3. The minimum Gasteiger partial charge on any atom is -0.298 e. The molecule has 13 heavy (non-hydrogen) atoms. The first kappa shape index (κ1) is 10.7. The second kappa shape index (κ2) is 3.79. The summed E-state index contributed by atoms with van der Waals surface area (Å²) in [4.78, 5) is 0. The molecule has 2 N–H and O–H groups in total. The van der Waals surface area contributed by atoms with E-state index >= 15 is 0 Å². The summed E-state index contributed by atoms with van der Waals surface area (Å²) in [6, 6.07) is 4.04. The summed E-state index contributed by atoms with van der Waals surface area (Å²) < 4.78 is 33.9. The summed E-state index contributed by atoms with van der Waals surface area (Å²) in [5, 5.41) is 0. The van der Waals surface area contributed by atoms with Crippen LogP contribution in [0.3, 0.4) is 0 Å². The Kier molecular flexibility index (Phi) is 3.12. The Morgan fingerprint density at radius 2 is 2.23 bits per heavy atom. The fraction of sp³-hybridized carbons (Fsp3) is 0.143. The van der Waals surface area contributed by atoms with Gasteiger partial charge in [0.15, 0.2) is 0 Å². The van der Waals surface area contributed by atoms with Crippen molar-refractivity contribution in [2.24, 2.45) is 0 Å². The van der Waals surface area contributed by atoms with E-state index in [1.165, 1.54) is 24.5 Å². The van der Waals surface area contributed by atoms with E-state index in [9.17, 15) is 8.60 Å². The molecule has 0 amide bonds. The average Bonchev–Trinajstić information content (AvgIpc) is 1.93. The lowest BCUT2D eigenvalue weighted by Gasteiger charge is -2.07. The highest BCUT2D eigenvalue weighted by Gasteiger charge is 2.03. The smallest absolute Gasteiger partial charge is 0.124 e. The first-order chi connectivity index (χ1) is 5.88. The van der Waals surface area contributed by atoms with Crippen LogP contribution in [0.2, 0.25) is 0 Å². The minimum atomic E-state index is -2.79. The van der Waals surface area contributed by atoms with E-state index in [0.717, 1.165) is 0 Å². The van der Waals surface area contributed by atoms with Gasteiger partial charge in [-0.1, -0.05) is 0 Å². The predicted molar refractivity (Wildman–Crippen MR) is 59.5 cm³/mol. The molecule has 1 aromatic rings. The summed E-state index contributed by atoms with van der Waals surface area (Å²) in [6.45, 7) is 0. The van der Waals surface area contributed by atoms with E-state index < -0.39 is 9.92 Å². The number of rotatable bonds is 2. The fourth-order valence-electron chi connectivity index (χ4n) is 0.782. The first-order valence-electron chi connectivity index (χ1n) is 3.35. The van der Waals surface area contributed by atoms with Gasteiger partial charge in [0.25, 0.3) is 0 Å². The Labute approximate surface area is 90.0 Å². The number of hydrogen-bond acceptors (Lipinski definition) is 2. The molecule has 0 saturated heterocycles. The largest absolute Gasteiger partial charge is 0.298 e. The molecule has 3 nitrogen and oxygen atoms in total. The first-order valence-corrected chi connectivity index (χ1v) is 6.39. The molecule has 1 unspecified atom stereocenters. The molecule has 0 aliphatic carbocycles. The molecule has 0 spiro atoms. The van der Waals surface area contributed by atoms with Crippen LogP contribution in [0.5, 0.6) is 0 Å². The van der Waals surface area contributed by atoms with Crippen LogP contribution in [0, 0.1) is 14.2 Å². The summed E-state index contributed by atoms with van der Waals surface area (Å²) in [5.41, 5.74) is 0.518. The molecule has 72 valence electrons. The standard InChI is InChI=1S/C7H8FIN2OS/c1-13(10,12)11-7-3-2-5(8)4-6(7)9/h2-4H,1H3,(H2,10,11,12). The van der Waals surface area contributed by atoms with E-state index in [1.54, 1.807) is 0 Å². The number of nitrogens with one attached hydrogen (secondary N) is 2. The van der Waals surface area contributed by atoms with Gasteiger partial charge in [0, 0.05) is 9.83 Å². The molecule has 0 aliphatic rings. The zero-order chi connectivity index (χ0) is 10.1. The number of halogens is 2. The lowest BCUT2D eigenvalue weighted by Crippen LogP contribution is -2.08. The Morgan fingerprint density at radius 3 is 2.69 bits per heavy atom. The topological polar surface area (TPSA) is 53.0 Å². The van der Waals surface area contributed by atoms with Crippen LogP contribution in [-0.4, -0.2) is 10.5 Å². The SMILES string of the molecule is CS(=N)(=O)Nc1ccc(F)cc1I. The van der Waals surface area contributed by atoms with E-state index in [2.05, 4.69) is 4.72 Å².